The van der Waals surface area contributed by atoms with Gasteiger partial charge in [-0.1, -0.05) is 11.6 Å². The van der Waals surface area contributed by atoms with Gasteiger partial charge in [-0.05, 0) is 37.3 Å². The Morgan fingerprint density at radius 1 is 1.04 bits per heavy atom. The largest absolute Gasteiger partial charge is 0.497 e. The molecule has 1 N–H and O–H groups in total. The summed E-state index contributed by atoms with van der Waals surface area (Å²) in [6.45, 7) is 1.92. The Kier molecular flexibility index (Phi) is 4.43. The number of anilines is 1. The number of benzene rings is 2. The van der Waals surface area contributed by atoms with Crippen molar-refractivity contribution in [3.63, 3.8) is 0 Å². The predicted octanol–water partition coefficient (Wildman–Crippen LogP) is 3.37. The van der Waals surface area contributed by atoms with Crippen molar-refractivity contribution in [2.75, 3.05) is 19.5 Å². The molecule has 0 spiro atoms. The molecule has 0 fully saturated rings. The Labute approximate surface area is 144 Å². The summed E-state index contributed by atoms with van der Waals surface area (Å²) in [6, 6.07) is 11.9. The Hall–Kier alpha value is -3.28. The van der Waals surface area contributed by atoms with Gasteiger partial charge >= 0.3 is 5.63 Å². The van der Waals surface area contributed by atoms with E-state index in [1.807, 2.05) is 19.1 Å². The van der Waals surface area contributed by atoms with E-state index in [-0.39, 0.29) is 5.56 Å². The second kappa shape index (κ2) is 6.68. The van der Waals surface area contributed by atoms with Crippen molar-refractivity contribution < 1.29 is 18.7 Å². The van der Waals surface area contributed by atoms with Crippen LogP contribution in [0.4, 0.5) is 5.69 Å². The summed E-state index contributed by atoms with van der Waals surface area (Å²) in [6.07, 6.45) is 0. The lowest BCUT2D eigenvalue weighted by Crippen LogP contribution is -2.21. The molecule has 0 atom stereocenters. The maximum absolute atomic E-state index is 12.6. The summed E-state index contributed by atoms with van der Waals surface area (Å²) in [7, 11) is 3.01. The van der Waals surface area contributed by atoms with Gasteiger partial charge in [-0.25, -0.2) is 4.79 Å². The molecule has 128 valence electrons. The third-order valence-corrected chi connectivity index (χ3v) is 3.79. The average molecular weight is 339 g/mol. The van der Waals surface area contributed by atoms with Gasteiger partial charge in [0.1, 0.15) is 22.6 Å². The molecule has 0 aliphatic rings. The molecule has 0 unspecified atom stereocenters. The van der Waals surface area contributed by atoms with Crippen molar-refractivity contribution in [2.24, 2.45) is 0 Å². The van der Waals surface area contributed by atoms with Gasteiger partial charge < -0.3 is 19.2 Å². The lowest BCUT2D eigenvalue weighted by Gasteiger charge is -2.11. The molecule has 2 aromatic carbocycles. The van der Waals surface area contributed by atoms with Crippen LogP contribution >= 0.6 is 0 Å². The summed E-state index contributed by atoms with van der Waals surface area (Å²) < 4.78 is 15.6. The van der Waals surface area contributed by atoms with Gasteiger partial charge in [-0.15, -0.1) is 0 Å². The van der Waals surface area contributed by atoms with Gasteiger partial charge in [0.05, 0.1) is 19.9 Å². The second-order valence-electron chi connectivity index (χ2n) is 5.51. The minimum Gasteiger partial charge on any atom is -0.497 e. The molecule has 1 amide bonds. The summed E-state index contributed by atoms with van der Waals surface area (Å²) in [5.41, 5.74) is 1.06. The fourth-order valence-corrected chi connectivity index (χ4v) is 2.50. The highest BCUT2D eigenvalue weighted by Crippen LogP contribution is 2.29. The topological polar surface area (TPSA) is 77.8 Å². The first-order valence-corrected chi connectivity index (χ1v) is 7.59. The standard InChI is InChI=1S/C19H17NO5/c1-11-4-6-16-12(8-11)9-14(19(22)25-16)18(21)20-15-10-13(23-2)5-7-17(15)24-3/h4-10H,1-3H3,(H,20,21). The first-order valence-electron chi connectivity index (χ1n) is 7.59. The van der Waals surface area contributed by atoms with Crippen molar-refractivity contribution in [1.82, 2.24) is 0 Å². The molecule has 3 rings (SSSR count). The molecule has 0 aliphatic heterocycles. The van der Waals surface area contributed by atoms with Gasteiger partial charge in [0.15, 0.2) is 0 Å². The first-order chi connectivity index (χ1) is 12.0. The predicted molar refractivity (Wildman–Crippen MR) is 94.7 cm³/mol. The van der Waals surface area contributed by atoms with Crippen molar-refractivity contribution in [3.8, 4) is 11.5 Å². The van der Waals surface area contributed by atoms with E-state index in [1.165, 1.54) is 20.3 Å². The molecule has 0 aliphatic carbocycles. The molecule has 6 nitrogen and oxygen atoms in total. The van der Waals surface area contributed by atoms with Crippen LogP contribution in [0.25, 0.3) is 11.0 Å². The molecule has 0 bridgehead atoms. The van der Waals surface area contributed by atoms with Crippen LogP contribution in [0.5, 0.6) is 11.5 Å². The van der Waals surface area contributed by atoms with Gasteiger partial charge in [0.2, 0.25) is 0 Å². The SMILES string of the molecule is COc1ccc(OC)c(NC(=O)c2cc3cc(C)ccc3oc2=O)c1. The average Bonchev–Trinajstić information content (AvgIpc) is 2.61. The van der Waals surface area contributed by atoms with Crippen LogP contribution in [0.1, 0.15) is 15.9 Å². The molecule has 0 radical (unpaired) electrons. The number of hydrogen-bond acceptors (Lipinski definition) is 5. The lowest BCUT2D eigenvalue weighted by atomic mass is 10.1. The first kappa shape index (κ1) is 16.6. The fraction of sp³-hybridized carbons (Fsp3) is 0.158. The lowest BCUT2D eigenvalue weighted by molar-refractivity contribution is 0.102. The third-order valence-electron chi connectivity index (χ3n) is 3.79. The minimum absolute atomic E-state index is 0.0806. The van der Waals surface area contributed by atoms with E-state index >= 15 is 0 Å². The molecular formula is C19H17NO5. The normalized spacial score (nSPS) is 10.5. The Morgan fingerprint density at radius 3 is 2.56 bits per heavy atom. The number of carbonyl (C=O) groups is 1. The van der Waals surface area contributed by atoms with Crippen molar-refractivity contribution in [3.05, 3.63) is 64.0 Å². The zero-order chi connectivity index (χ0) is 18.0. The molecule has 0 saturated heterocycles. The van der Waals surface area contributed by atoms with Crippen LogP contribution in [0.2, 0.25) is 0 Å². The van der Waals surface area contributed by atoms with E-state index in [2.05, 4.69) is 5.32 Å². The number of amides is 1. The summed E-state index contributed by atoms with van der Waals surface area (Å²) in [5.74, 6) is 0.427. The minimum atomic E-state index is -0.698. The van der Waals surface area contributed by atoms with E-state index in [0.717, 1.165) is 5.56 Å². The fourth-order valence-electron chi connectivity index (χ4n) is 2.50. The smallest absolute Gasteiger partial charge is 0.349 e. The molecule has 3 aromatic rings. The number of carbonyl (C=O) groups excluding carboxylic acids is 1. The van der Waals surface area contributed by atoms with Crippen LogP contribution < -0.4 is 20.4 Å². The summed E-state index contributed by atoms with van der Waals surface area (Å²) in [5, 5.41) is 3.35. The van der Waals surface area contributed by atoms with E-state index in [9.17, 15) is 9.59 Å². The maximum atomic E-state index is 12.6. The molecule has 6 heteroatoms. The summed E-state index contributed by atoms with van der Waals surface area (Å²) in [4.78, 5) is 24.7. The number of hydrogen-bond donors (Lipinski definition) is 1. The van der Waals surface area contributed by atoms with Gasteiger partial charge in [0, 0.05) is 11.5 Å². The zero-order valence-electron chi connectivity index (χ0n) is 14.1. The van der Waals surface area contributed by atoms with Crippen molar-refractivity contribution in [2.45, 2.75) is 6.92 Å². The number of ether oxygens (including phenoxy) is 2. The van der Waals surface area contributed by atoms with E-state index in [4.69, 9.17) is 13.9 Å². The number of methoxy groups -OCH3 is 2. The molecule has 0 saturated carbocycles. The van der Waals surface area contributed by atoms with E-state index < -0.39 is 11.5 Å². The van der Waals surface area contributed by atoms with Crippen molar-refractivity contribution in [1.29, 1.82) is 0 Å². The quantitative estimate of drug-likeness (QED) is 0.737. The highest BCUT2D eigenvalue weighted by molar-refractivity contribution is 6.06. The van der Waals surface area contributed by atoms with Crippen LogP contribution in [0.3, 0.4) is 0 Å². The zero-order valence-corrected chi connectivity index (χ0v) is 14.1. The maximum Gasteiger partial charge on any atom is 0.349 e. The van der Waals surface area contributed by atoms with E-state index in [0.29, 0.717) is 28.2 Å². The second-order valence-corrected chi connectivity index (χ2v) is 5.51. The van der Waals surface area contributed by atoms with Crippen LogP contribution in [-0.4, -0.2) is 20.1 Å². The monoisotopic (exact) mass is 339 g/mol. The molecule has 1 aromatic heterocycles. The van der Waals surface area contributed by atoms with E-state index in [1.54, 1.807) is 24.3 Å². The van der Waals surface area contributed by atoms with Gasteiger partial charge in [-0.2, -0.15) is 0 Å². The molecule has 1 heterocycles. The highest BCUT2D eigenvalue weighted by Gasteiger charge is 2.16. The Balaban J connectivity index is 2.00. The number of fused-ring (bicyclic) bond motifs is 1. The van der Waals surface area contributed by atoms with Crippen LogP contribution in [-0.2, 0) is 0 Å². The Bertz CT molecular complexity index is 1010. The highest BCUT2D eigenvalue weighted by atomic mass is 16.5. The van der Waals surface area contributed by atoms with Crippen molar-refractivity contribution >= 4 is 22.6 Å². The van der Waals surface area contributed by atoms with Crippen LogP contribution in [0.15, 0.2) is 51.7 Å². The van der Waals surface area contributed by atoms with Gasteiger partial charge in [0.25, 0.3) is 5.91 Å². The number of nitrogens with one attached hydrogen (secondary N) is 1. The molecular weight excluding hydrogens is 322 g/mol. The third kappa shape index (κ3) is 3.33. The van der Waals surface area contributed by atoms with Gasteiger partial charge in [-0.3, -0.25) is 4.79 Å². The number of aryl methyl sites for hydroxylation is 1. The summed E-state index contributed by atoms with van der Waals surface area (Å²) >= 11 is 0. The van der Waals surface area contributed by atoms with Crippen LogP contribution in [0, 0.1) is 6.92 Å². The molecule has 25 heavy (non-hydrogen) atoms. The number of rotatable bonds is 4. The Morgan fingerprint density at radius 2 is 1.84 bits per heavy atom.